The topological polar surface area (TPSA) is 90.0 Å². The molecular formula is C22H23NO6S. The van der Waals surface area contributed by atoms with Gasteiger partial charge >= 0.3 is 5.97 Å². The molecule has 0 bridgehead atoms. The van der Waals surface area contributed by atoms with E-state index in [1.807, 2.05) is 0 Å². The van der Waals surface area contributed by atoms with Crippen molar-refractivity contribution in [2.75, 3.05) is 26.8 Å². The monoisotopic (exact) mass is 429 g/mol. The lowest BCUT2D eigenvalue weighted by atomic mass is 10.1. The maximum atomic E-state index is 12.5. The van der Waals surface area contributed by atoms with Crippen LogP contribution in [0.25, 0.3) is 6.08 Å². The van der Waals surface area contributed by atoms with Crippen molar-refractivity contribution in [2.45, 2.75) is 17.7 Å². The summed E-state index contributed by atoms with van der Waals surface area (Å²) in [6, 6.07) is 12.8. The summed E-state index contributed by atoms with van der Waals surface area (Å²) in [5.41, 5.74) is 1.07. The van der Waals surface area contributed by atoms with Crippen molar-refractivity contribution in [3.8, 4) is 5.75 Å². The number of nitrogens with zero attached hydrogens (tertiary/aromatic N) is 1. The number of hydrogen-bond acceptors (Lipinski definition) is 6. The Morgan fingerprint density at radius 1 is 1.00 bits per heavy atom. The summed E-state index contributed by atoms with van der Waals surface area (Å²) in [5.74, 6) is -0.349. The van der Waals surface area contributed by atoms with Crippen LogP contribution in [0.3, 0.4) is 0 Å². The molecule has 1 aliphatic rings. The third kappa shape index (κ3) is 5.34. The minimum atomic E-state index is -3.53. The van der Waals surface area contributed by atoms with Gasteiger partial charge in [-0.15, -0.1) is 0 Å². The summed E-state index contributed by atoms with van der Waals surface area (Å²) in [6.07, 6.45) is 4.52. The number of Topliss-reactive ketones (excluding diaryl/α,β-unsaturated/α-hetero) is 1. The molecule has 1 heterocycles. The van der Waals surface area contributed by atoms with Gasteiger partial charge in [0.15, 0.2) is 12.4 Å². The molecule has 0 unspecified atom stereocenters. The zero-order chi connectivity index (χ0) is 21.6. The standard InChI is InChI=1S/C22H23NO6S/c1-28-19-9-4-17(5-10-19)6-13-22(25)29-16-21(24)18-7-11-20(12-8-18)30(26,27)23-14-2-3-15-23/h4-13H,2-3,14-16H2,1H3/b13-6+. The first kappa shape index (κ1) is 21.7. The molecule has 158 valence electrons. The molecule has 0 atom stereocenters. The highest BCUT2D eigenvalue weighted by atomic mass is 32.2. The second kappa shape index (κ2) is 9.69. The first-order chi connectivity index (χ1) is 14.4. The van der Waals surface area contributed by atoms with Crippen molar-refractivity contribution in [1.29, 1.82) is 0 Å². The lowest BCUT2D eigenvalue weighted by molar-refractivity contribution is -0.136. The van der Waals surface area contributed by atoms with E-state index < -0.39 is 28.4 Å². The van der Waals surface area contributed by atoms with E-state index in [1.54, 1.807) is 37.5 Å². The Balaban J connectivity index is 1.54. The van der Waals surface area contributed by atoms with Gasteiger partial charge in [-0.05, 0) is 60.9 Å². The molecular weight excluding hydrogens is 406 g/mol. The second-order valence-electron chi connectivity index (χ2n) is 6.77. The molecule has 30 heavy (non-hydrogen) atoms. The molecule has 0 N–H and O–H groups in total. The van der Waals surface area contributed by atoms with Gasteiger partial charge in [0, 0.05) is 24.7 Å². The van der Waals surface area contributed by atoms with Crippen LogP contribution < -0.4 is 4.74 Å². The number of hydrogen-bond donors (Lipinski definition) is 0. The van der Waals surface area contributed by atoms with Crippen LogP contribution in [0, 0.1) is 0 Å². The fourth-order valence-electron chi connectivity index (χ4n) is 3.04. The van der Waals surface area contributed by atoms with Gasteiger partial charge in [-0.2, -0.15) is 4.31 Å². The van der Waals surface area contributed by atoms with Crippen molar-refractivity contribution in [3.05, 3.63) is 65.7 Å². The van der Waals surface area contributed by atoms with Crippen LogP contribution in [0.5, 0.6) is 5.75 Å². The number of ketones is 1. The van der Waals surface area contributed by atoms with Gasteiger partial charge in [-0.25, -0.2) is 13.2 Å². The van der Waals surface area contributed by atoms with Gasteiger partial charge in [0.25, 0.3) is 0 Å². The van der Waals surface area contributed by atoms with E-state index in [2.05, 4.69) is 0 Å². The summed E-state index contributed by atoms with van der Waals surface area (Å²) < 4.78 is 36.5. The van der Waals surface area contributed by atoms with E-state index in [0.717, 1.165) is 18.4 Å². The number of rotatable bonds is 8. The molecule has 1 fully saturated rings. The van der Waals surface area contributed by atoms with Crippen LogP contribution >= 0.6 is 0 Å². The lowest BCUT2D eigenvalue weighted by Crippen LogP contribution is -2.27. The molecule has 2 aromatic carbocycles. The number of methoxy groups -OCH3 is 1. The Labute approximate surface area is 176 Å². The maximum Gasteiger partial charge on any atom is 0.331 e. The fraction of sp³-hybridized carbons (Fsp3) is 0.273. The molecule has 1 saturated heterocycles. The smallest absolute Gasteiger partial charge is 0.331 e. The number of esters is 1. The third-order valence-electron chi connectivity index (χ3n) is 4.75. The Hall–Kier alpha value is -2.97. The largest absolute Gasteiger partial charge is 0.497 e. The predicted molar refractivity (Wildman–Crippen MR) is 112 cm³/mol. The Morgan fingerprint density at radius 2 is 1.63 bits per heavy atom. The Kier molecular flexibility index (Phi) is 7.02. The van der Waals surface area contributed by atoms with Crippen molar-refractivity contribution in [3.63, 3.8) is 0 Å². The SMILES string of the molecule is COc1ccc(/C=C/C(=O)OCC(=O)c2ccc(S(=O)(=O)N3CCCC3)cc2)cc1. The average molecular weight is 429 g/mol. The van der Waals surface area contributed by atoms with Crippen LogP contribution in [0.2, 0.25) is 0 Å². The summed E-state index contributed by atoms with van der Waals surface area (Å²) in [5, 5.41) is 0. The minimum absolute atomic E-state index is 0.153. The molecule has 0 spiro atoms. The first-order valence-corrected chi connectivity index (χ1v) is 11.0. The summed E-state index contributed by atoms with van der Waals surface area (Å²) in [7, 11) is -1.96. The van der Waals surface area contributed by atoms with Crippen molar-refractivity contribution >= 4 is 27.9 Å². The van der Waals surface area contributed by atoms with E-state index in [0.29, 0.717) is 18.8 Å². The number of carbonyl (C=O) groups excluding carboxylic acids is 2. The van der Waals surface area contributed by atoms with Crippen LogP contribution in [0.1, 0.15) is 28.8 Å². The lowest BCUT2D eigenvalue weighted by Gasteiger charge is -2.15. The van der Waals surface area contributed by atoms with Crippen LogP contribution in [-0.4, -0.2) is 51.3 Å². The van der Waals surface area contributed by atoms with E-state index in [1.165, 1.54) is 34.6 Å². The highest BCUT2D eigenvalue weighted by molar-refractivity contribution is 7.89. The summed E-state index contributed by atoms with van der Waals surface area (Å²) in [4.78, 5) is 24.2. The molecule has 0 radical (unpaired) electrons. The van der Waals surface area contributed by atoms with Crippen molar-refractivity contribution < 1.29 is 27.5 Å². The molecule has 0 aliphatic carbocycles. The number of sulfonamides is 1. The third-order valence-corrected chi connectivity index (χ3v) is 6.67. The second-order valence-corrected chi connectivity index (χ2v) is 8.71. The van der Waals surface area contributed by atoms with Gasteiger partial charge in [-0.3, -0.25) is 4.79 Å². The molecule has 2 aromatic rings. The average Bonchev–Trinajstić information content (AvgIpc) is 3.32. The van der Waals surface area contributed by atoms with Gasteiger partial charge in [0.2, 0.25) is 10.0 Å². The van der Waals surface area contributed by atoms with Crippen LogP contribution in [-0.2, 0) is 19.6 Å². The quantitative estimate of drug-likeness (QED) is 0.364. The van der Waals surface area contributed by atoms with E-state index >= 15 is 0 Å². The van der Waals surface area contributed by atoms with E-state index in [4.69, 9.17) is 9.47 Å². The molecule has 3 rings (SSSR count). The fourth-order valence-corrected chi connectivity index (χ4v) is 4.55. The summed E-state index contributed by atoms with van der Waals surface area (Å²) >= 11 is 0. The molecule has 1 aliphatic heterocycles. The molecule has 7 nitrogen and oxygen atoms in total. The van der Waals surface area contributed by atoms with E-state index in [-0.39, 0.29) is 10.5 Å². The molecule has 0 aromatic heterocycles. The zero-order valence-corrected chi connectivity index (χ0v) is 17.4. The highest BCUT2D eigenvalue weighted by Crippen LogP contribution is 2.21. The van der Waals surface area contributed by atoms with Gasteiger partial charge in [0.1, 0.15) is 5.75 Å². The Bertz CT molecular complexity index is 1020. The van der Waals surface area contributed by atoms with Crippen LogP contribution in [0.15, 0.2) is 59.5 Å². The molecule has 0 amide bonds. The predicted octanol–water partition coefficient (Wildman–Crippen LogP) is 2.92. The van der Waals surface area contributed by atoms with Crippen molar-refractivity contribution in [1.82, 2.24) is 4.31 Å². The van der Waals surface area contributed by atoms with Gasteiger partial charge < -0.3 is 9.47 Å². The molecule has 8 heteroatoms. The van der Waals surface area contributed by atoms with Crippen molar-refractivity contribution in [2.24, 2.45) is 0 Å². The number of carbonyl (C=O) groups is 2. The molecule has 0 saturated carbocycles. The minimum Gasteiger partial charge on any atom is -0.497 e. The highest BCUT2D eigenvalue weighted by Gasteiger charge is 2.27. The maximum absolute atomic E-state index is 12.5. The van der Waals surface area contributed by atoms with Gasteiger partial charge in [0.05, 0.1) is 12.0 Å². The van der Waals surface area contributed by atoms with Crippen LogP contribution in [0.4, 0.5) is 0 Å². The zero-order valence-electron chi connectivity index (χ0n) is 16.6. The normalized spacial score (nSPS) is 14.7. The van der Waals surface area contributed by atoms with E-state index in [9.17, 15) is 18.0 Å². The first-order valence-electron chi connectivity index (χ1n) is 9.52. The number of ether oxygens (including phenoxy) is 2. The van der Waals surface area contributed by atoms with Gasteiger partial charge in [-0.1, -0.05) is 12.1 Å². The Morgan fingerprint density at radius 3 is 2.23 bits per heavy atom. The summed E-state index contributed by atoms with van der Waals surface area (Å²) in [6.45, 7) is 0.607. The number of benzene rings is 2.